The average molecular weight is 382 g/mol. The summed E-state index contributed by atoms with van der Waals surface area (Å²) in [7, 11) is 0. The molecular weight excluding hydrogens is 356 g/mol. The van der Waals surface area contributed by atoms with Crippen molar-refractivity contribution in [3.63, 3.8) is 0 Å². The molecule has 4 N–H and O–H groups in total. The van der Waals surface area contributed by atoms with Gasteiger partial charge in [0, 0.05) is 35.6 Å². The number of nitrogens with one attached hydrogen (secondary N) is 4. The van der Waals surface area contributed by atoms with Crippen molar-refractivity contribution in [1.29, 1.82) is 0 Å². The van der Waals surface area contributed by atoms with Crippen LogP contribution in [0.5, 0.6) is 0 Å². The van der Waals surface area contributed by atoms with Crippen LogP contribution in [0.25, 0.3) is 0 Å². The van der Waals surface area contributed by atoms with Gasteiger partial charge in [-0.1, -0.05) is 19.9 Å². The minimum Gasteiger partial charge on any atom is -0.376 e. The lowest BCUT2D eigenvalue weighted by atomic mass is 10.2. The molecular formula is C21H26N4O3. The Kier molecular flexibility index (Phi) is 8.02. The molecule has 0 radical (unpaired) electrons. The Bertz CT molecular complexity index is 819. The number of benzene rings is 2. The van der Waals surface area contributed by atoms with E-state index in [9.17, 15) is 14.4 Å². The average Bonchev–Trinajstić information content (AvgIpc) is 2.71. The van der Waals surface area contributed by atoms with Gasteiger partial charge >= 0.3 is 0 Å². The third kappa shape index (κ3) is 6.75. The number of anilines is 3. The van der Waals surface area contributed by atoms with Crippen LogP contribution in [-0.4, -0.2) is 30.8 Å². The van der Waals surface area contributed by atoms with Gasteiger partial charge in [0.05, 0.1) is 6.54 Å². The van der Waals surface area contributed by atoms with E-state index < -0.39 is 0 Å². The second-order valence-electron chi connectivity index (χ2n) is 6.22. The van der Waals surface area contributed by atoms with E-state index >= 15 is 0 Å². The summed E-state index contributed by atoms with van der Waals surface area (Å²) in [6.45, 7) is 4.48. The first kappa shape index (κ1) is 21.0. The summed E-state index contributed by atoms with van der Waals surface area (Å²) >= 11 is 0. The fraction of sp³-hybridized carbons (Fsp3) is 0.286. The third-order valence-corrected chi connectivity index (χ3v) is 3.89. The SMILES string of the molecule is CCCNC(=O)c1ccc(NC(=O)CNc2cccc(NC(=O)CC)c2)cc1. The number of carbonyl (C=O) groups is 3. The van der Waals surface area contributed by atoms with Crippen LogP contribution in [0.3, 0.4) is 0 Å². The molecule has 2 aromatic rings. The van der Waals surface area contributed by atoms with Crippen molar-refractivity contribution in [2.24, 2.45) is 0 Å². The fourth-order valence-corrected chi connectivity index (χ4v) is 2.39. The lowest BCUT2D eigenvalue weighted by Gasteiger charge is -2.10. The highest BCUT2D eigenvalue weighted by atomic mass is 16.2. The lowest BCUT2D eigenvalue weighted by molar-refractivity contribution is -0.116. The van der Waals surface area contributed by atoms with E-state index in [0.717, 1.165) is 12.1 Å². The predicted octanol–water partition coefficient (Wildman–Crippen LogP) is 3.23. The summed E-state index contributed by atoms with van der Waals surface area (Å²) < 4.78 is 0. The monoisotopic (exact) mass is 382 g/mol. The summed E-state index contributed by atoms with van der Waals surface area (Å²) in [5.74, 6) is -0.413. The Hall–Kier alpha value is -3.35. The van der Waals surface area contributed by atoms with Crippen molar-refractivity contribution in [3.05, 3.63) is 54.1 Å². The molecule has 28 heavy (non-hydrogen) atoms. The first-order valence-corrected chi connectivity index (χ1v) is 9.33. The quantitative estimate of drug-likeness (QED) is 0.535. The zero-order valence-corrected chi connectivity index (χ0v) is 16.2. The van der Waals surface area contributed by atoms with Crippen molar-refractivity contribution >= 4 is 34.8 Å². The standard InChI is InChI=1S/C21H26N4O3/c1-3-12-22-21(28)15-8-10-16(11-9-15)24-20(27)14-23-17-6-5-7-18(13-17)25-19(26)4-2/h5-11,13,23H,3-4,12,14H2,1-2H3,(H,22,28)(H,24,27)(H,25,26). The Morgan fingerprint density at radius 2 is 1.50 bits per heavy atom. The van der Waals surface area contributed by atoms with E-state index in [1.54, 1.807) is 49.4 Å². The highest BCUT2D eigenvalue weighted by Crippen LogP contribution is 2.15. The smallest absolute Gasteiger partial charge is 0.251 e. The minimum absolute atomic E-state index is 0.0679. The summed E-state index contributed by atoms with van der Waals surface area (Å²) in [5.41, 5.74) is 2.57. The first-order chi connectivity index (χ1) is 13.5. The van der Waals surface area contributed by atoms with Crippen molar-refractivity contribution in [2.45, 2.75) is 26.7 Å². The van der Waals surface area contributed by atoms with Gasteiger partial charge in [0.25, 0.3) is 5.91 Å². The number of carbonyl (C=O) groups excluding carboxylic acids is 3. The van der Waals surface area contributed by atoms with Gasteiger partial charge in [0.1, 0.15) is 0 Å². The van der Waals surface area contributed by atoms with Crippen LogP contribution in [0.1, 0.15) is 37.0 Å². The van der Waals surface area contributed by atoms with E-state index in [1.165, 1.54) is 0 Å². The summed E-state index contributed by atoms with van der Waals surface area (Å²) in [6.07, 6.45) is 1.28. The molecule has 0 aliphatic heterocycles. The molecule has 0 aliphatic rings. The molecule has 2 aromatic carbocycles. The van der Waals surface area contributed by atoms with Gasteiger partial charge < -0.3 is 21.3 Å². The zero-order chi connectivity index (χ0) is 20.4. The van der Waals surface area contributed by atoms with Crippen molar-refractivity contribution < 1.29 is 14.4 Å². The van der Waals surface area contributed by atoms with Crippen LogP contribution in [-0.2, 0) is 9.59 Å². The topological polar surface area (TPSA) is 99.3 Å². The molecule has 0 atom stereocenters. The Labute approximate surface area is 164 Å². The molecule has 0 aromatic heterocycles. The van der Waals surface area contributed by atoms with Crippen LogP contribution in [0.2, 0.25) is 0 Å². The predicted molar refractivity (Wildman–Crippen MR) is 112 cm³/mol. The molecule has 3 amide bonds. The normalized spacial score (nSPS) is 10.1. The maximum Gasteiger partial charge on any atom is 0.251 e. The van der Waals surface area contributed by atoms with E-state index in [2.05, 4.69) is 21.3 Å². The third-order valence-electron chi connectivity index (χ3n) is 3.89. The highest BCUT2D eigenvalue weighted by molar-refractivity contribution is 5.97. The van der Waals surface area contributed by atoms with Crippen LogP contribution < -0.4 is 21.3 Å². The number of hydrogen-bond acceptors (Lipinski definition) is 4. The molecule has 0 spiro atoms. The molecule has 2 rings (SSSR count). The van der Waals surface area contributed by atoms with Gasteiger partial charge in [-0.25, -0.2) is 0 Å². The second kappa shape index (κ2) is 10.7. The minimum atomic E-state index is -0.216. The van der Waals surface area contributed by atoms with Gasteiger partial charge in [0.2, 0.25) is 11.8 Å². The van der Waals surface area contributed by atoms with Crippen LogP contribution in [0.15, 0.2) is 48.5 Å². The van der Waals surface area contributed by atoms with Crippen molar-refractivity contribution in [3.8, 4) is 0 Å². The largest absolute Gasteiger partial charge is 0.376 e. The lowest BCUT2D eigenvalue weighted by Crippen LogP contribution is -2.24. The van der Waals surface area contributed by atoms with Gasteiger partial charge in [-0.2, -0.15) is 0 Å². The van der Waals surface area contributed by atoms with Crippen LogP contribution in [0.4, 0.5) is 17.1 Å². The van der Waals surface area contributed by atoms with E-state index in [1.807, 2.05) is 13.0 Å². The van der Waals surface area contributed by atoms with Gasteiger partial charge in [-0.05, 0) is 48.9 Å². The number of amides is 3. The maximum absolute atomic E-state index is 12.1. The molecule has 0 saturated heterocycles. The highest BCUT2D eigenvalue weighted by Gasteiger charge is 2.07. The van der Waals surface area contributed by atoms with E-state index in [4.69, 9.17) is 0 Å². The molecule has 0 aliphatic carbocycles. The van der Waals surface area contributed by atoms with Crippen LogP contribution in [0, 0.1) is 0 Å². The summed E-state index contributed by atoms with van der Waals surface area (Å²) in [6, 6.07) is 13.9. The molecule has 0 bridgehead atoms. The second-order valence-corrected chi connectivity index (χ2v) is 6.22. The summed E-state index contributed by atoms with van der Waals surface area (Å²) in [4.78, 5) is 35.5. The Morgan fingerprint density at radius 3 is 2.18 bits per heavy atom. The fourth-order valence-electron chi connectivity index (χ4n) is 2.39. The maximum atomic E-state index is 12.1. The molecule has 148 valence electrons. The van der Waals surface area contributed by atoms with Crippen molar-refractivity contribution in [2.75, 3.05) is 29.0 Å². The molecule has 0 fully saturated rings. The van der Waals surface area contributed by atoms with E-state index in [0.29, 0.717) is 29.9 Å². The summed E-state index contributed by atoms with van der Waals surface area (Å²) in [5, 5.41) is 11.4. The van der Waals surface area contributed by atoms with Gasteiger partial charge in [-0.3, -0.25) is 14.4 Å². The van der Waals surface area contributed by atoms with Gasteiger partial charge in [0.15, 0.2) is 0 Å². The molecule has 7 nitrogen and oxygen atoms in total. The van der Waals surface area contributed by atoms with Gasteiger partial charge in [-0.15, -0.1) is 0 Å². The zero-order valence-electron chi connectivity index (χ0n) is 16.2. The van der Waals surface area contributed by atoms with Crippen molar-refractivity contribution in [1.82, 2.24) is 5.32 Å². The van der Waals surface area contributed by atoms with Crippen LogP contribution >= 0.6 is 0 Å². The molecule has 0 heterocycles. The van der Waals surface area contributed by atoms with E-state index in [-0.39, 0.29) is 24.3 Å². The number of hydrogen-bond donors (Lipinski definition) is 4. The molecule has 0 saturated carbocycles. The molecule has 7 heteroatoms. The Balaban J connectivity index is 1.85. The number of rotatable bonds is 9. The molecule has 0 unspecified atom stereocenters. The first-order valence-electron chi connectivity index (χ1n) is 9.33. The Morgan fingerprint density at radius 1 is 0.821 bits per heavy atom.